The first-order valence-corrected chi connectivity index (χ1v) is 6.78. The highest BCUT2D eigenvalue weighted by Crippen LogP contribution is 2.18. The van der Waals surface area contributed by atoms with E-state index < -0.39 is 6.10 Å². The largest absolute Gasteiger partial charge is 0.491 e. The minimum atomic E-state index is -0.633. The summed E-state index contributed by atoms with van der Waals surface area (Å²) < 4.78 is 5.59. The Bertz CT molecular complexity index is 449. The van der Waals surface area contributed by atoms with E-state index in [1.54, 1.807) is 0 Å². The Morgan fingerprint density at radius 1 is 1.45 bits per heavy atom. The summed E-state index contributed by atoms with van der Waals surface area (Å²) in [4.78, 5) is 10.7. The van der Waals surface area contributed by atoms with Crippen molar-refractivity contribution in [2.24, 2.45) is 5.73 Å². The maximum Gasteiger partial charge on any atom is 0.218 e. The molecule has 0 spiro atoms. The SMILES string of the molecule is Cc1ccc(OCC(O)CNC(C)CC(N)=O)c(C)c1. The molecule has 4 N–H and O–H groups in total. The van der Waals surface area contributed by atoms with Gasteiger partial charge in [-0.05, 0) is 32.4 Å². The van der Waals surface area contributed by atoms with Crippen LogP contribution in [0.3, 0.4) is 0 Å². The fourth-order valence-electron chi connectivity index (χ4n) is 1.92. The van der Waals surface area contributed by atoms with E-state index >= 15 is 0 Å². The summed E-state index contributed by atoms with van der Waals surface area (Å²) in [6.07, 6.45) is -0.379. The van der Waals surface area contributed by atoms with Crippen molar-refractivity contribution in [1.82, 2.24) is 5.32 Å². The number of primary amides is 1. The van der Waals surface area contributed by atoms with Gasteiger partial charge in [-0.2, -0.15) is 0 Å². The minimum absolute atomic E-state index is 0.0525. The highest BCUT2D eigenvalue weighted by atomic mass is 16.5. The summed E-state index contributed by atoms with van der Waals surface area (Å²) in [5.41, 5.74) is 7.32. The molecule has 5 nitrogen and oxygen atoms in total. The lowest BCUT2D eigenvalue weighted by Crippen LogP contribution is -2.38. The van der Waals surface area contributed by atoms with Crippen LogP contribution in [0, 0.1) is 13.8 Å². The van der Waals surface area contributed by atoms with Gasteiger partial charge in [-0.15, -0.1) is 0 Å². The zero-order valence-corrected chi connectivity index (χ0v) is 12.3. The van der Waals surface area contributed by atoms with Crippen LogP contribution >= 0.6 is 0 Å². The fraction of sp³-hybridized carbons (Fsp3) is 0.533. The van der Waals surface area contributed by atoms with E-state index in [-0.39, 0.29) is 25.0 Å². The number of benzene rings is 1. The Hall–Kier alpha value is -1.59. The highest BCUT2D eigenvalue weighted by Gasteiger charge is 2.10. The molecule has 1 amide bonds. The smallest absolute Gasteiger partial charge is 0.218 e. The molecule has 0 saturated carbocycles. The number of ether oxygens (including phenoxy) is 1. The Morgan fingerprint density at radius 2 is 2.15 bits per heavy atom. The summed E-state index contributed by atoms with van der Waals surface area (Å²) in [5, 5.41) is 12.9. The van der Waals surface area contributed by atoms with Crippen molar-refractivity contribution in [2.45, 2.75) is 39.3 Å². The Labute approximate surface area is 120 Å². The first-order valence-electron chi connectivity index (χ1n) is 6.78. The third-order valence-corrected chi connectivity index (χ3v) is 2.97. The normalized spacial score (nSPS) is 13.8. The van der Waals surface area contributed by atoms with Gasteiger partial charge in [0.1, 0.15) is 18.5 Å². The molecule has 1 aromatic carbocycles. The molecule has 1 rings (SSSR count). The number of aliphatic hydroxyl groups is 1. The van der Waals surface area contributed by atoms with Gasteiger partial charge in [0.05, 0.1) is 0 Å². The first kappa shape index (κ1) is 16.5. The van der Waals surface area contributed by atoms with Crippen LogP contribution in [-0.2, 0) is 4.79 Å². The Kier molecular flexibility index (Phi) is 6.48. The van der Waals surface area contributed by atoms with Crippen LogP contribution in [0.2, 0.25) is 0 Å². The van der Waals surface area contributed by atoms with Gasteiger partial charge < -0.3 is 20.9 Å². The number of nitrogens with one attached hydrogen (secondary N) is 1. The van der Waals surface area contributed by atoms with E-state index in [0.29, 0.717) is 6.54 Å². The van der Waals surface area contributed by atoms with Crippen molar-refractivity contribution in [3.05, 3.63) is 29.3 Å². The molecule has 0 aromatic heterocycles. The molecule has 0 aliphatic rings. The number of hydrogen-bond acceptors (Lipinski definition) is 4. The maximum absolute atomic E-state index is 10.7. The molecule has 0 aliphatic heterocycles. The number of rotatable bonds is 8. The van der Waals surface area contributed by atoms with Gasteiger partial charge >= 0.3 is 0 Å². The molecule has 5 heteroatoms. The molecule has 0 aliphatic carbocycles. The number of amides is 1. The van der Waals surface area contributed by atoms with E-state index in [2.05, 4.69) is 5.32 Å². The first-order chi connectivity index (χ1) is 9.38. The van der Waals surface area contributed by atoms with Crippen LogP contribution in [-0.4, -0.2) is 36.3 Å². The predicted molar refractivity (Wildman–Crippen MR) is 78.7 cm³/mol. The summed E-state index contributed by atoms with van der Waals surface area (Å²) in [5.74, 6) is 0.422. The lowest BCUT2D eigenvalue weighted by Gasteiger charge is -2.17. The average molecular weight is 280 g/mol. The summed E-state index contributed by atoms with van der Waals surface area (Å²) in [6.45, 7) is 6.42. The van der Waals surface area contributed by atoms with Crippen LogP contribution in [0.25, 0.3) is 0 Å². The molecule has 0 heterocycles. The molecule has 20 heavy (non-hydrogen) atoms. The van der Waals surface area contributed by atoms with Crippen molar-refractivity contribution in [2.75, 3.05) is 13.2 Å². The van der Waals surface area contributed by atoms with Crippen molar-refractivity contribution in [3.63, 3.8) is 0 Å². The molecule has 1 aromatic rings. The Morgan fingerprint density at radius 3 is 2.75 bits per heavy atom. The summed E-state index contributed by atoms with van der Waals surface area (Å²) >= 11 is 0. The van der Waals surface area contributed by atoms with E-state index in [9.17, 15) is 9.90 Å². The summed E-state index contributed by atoms with van der Waals surface area (Å²) in [7, 11) is 0. The van der Waals surface area contributed by atoms with Gasteiger partial charge in [0, 0.05) is 19.0 Å². The number of aliphatic hydroxyl groups excluding tert-OH is 1. The van der Waals surface area contributed by atoms with Gasteiger partial charge in [0.25, 0.3) is 0 Å². The molecule has 0 fully saturated rings. The van der Waals surface area contributed by atoms with Gasteiger partial charge in [0.15, 0.2) is 0 Å². The molecule has 0 bridgehead atoms. The van der Waals surface area contributed by atoms with Crippen LogP contribution in [0.15, 0.2) is 18.2 Å². The zero-order valence-electron chi connectivity index (χ0n) is 12.3. The van der Waals surface area contributed by atoms with Gasteiger partial charge in [-0.1, -0.05) is 17.7 Å². The maximum atomic E-state index is 10.7. The molecule has 2 unspecified atom stereocenters. The third-order valence-electron chi connectivity index (χ3n) is 2.97. The number of carbonyl (C=O) groups is 1. The molecular formula is C15H24N2O3. The van der Waals surface area contributed by atoms with Crippen LogP contribution in [0.4, 0.5) is 0 Å². The topological polar surface area (TPSA) is 84.6 Å². The quantitative estimate of drug-likeness (QED) is 0.660. The highest BCUT2D eigenvalue weighted by molar-refractivity contribution is 5.74. The standard InChI is InChI=1S/C15H24N2O3/c1-10-4-5-14(11(2)6-10)20-9-13(18)8-17-12(3)7-15(16)19/h4-6,12-13,17-18H,7-9H2,1-3H3,(H2,16,19). The van der Waals surface area contributed by atoms with E-state index in [4.69, 9.17) is 10.5 Å². The number of carbonyl (C=O) groups excluding carboxylic acids is 1. The lowest BCUT2D eigenvalue weighted by atomic mass is 10.1. The number of hydrogen-bond donors (Lipinski definition) is 3. The number of aryl methyl sites for hydroxylation is 2. The molecular weight excluding hydrogens is 256 g/mol. The second kappa shape index (κ2) is 7.87. The molecule has 112 valence electrons. The van der Waals surface area contributed by atoms with Gasteiger partial charge in [-0.25, -0.2) is 0 Å². The van der Waals surface area contributed by atoms with E-state index in [1.165, 1.54) is 5.56 Å². The van der Waals surface area contributed by atoms with Crippen LogP contribution < -0.4 is 15.8 Å². The fourth-order valence-corrected chi connectivity index (χ4v) is 1.92. The second-order valence-electron chi connectivity index (χ2n) is 5.21. The van der Waals surface area contributed by atoms with Crippen LogP contribution in [0.1, 0.15) is 24.5 Å². The molecule has 0 saturated heterocycles. The number of nitrogens with two attached hydrogens (primary N) is 1. The Balaban J connectivity index is 2.32. The van der Waals surface area contributed by atoms with Gasteiger partial charge in [-0.3, -0.25) is 4.79 Å². The van der Waals surface area contributed by atoms with Crippen molar-refractivity contribution in [3.8, 4) is 5.75 Å². The van der Waals surface area contributed by atoms with Gasteiger partial charge in [0.2, 0.25) is 5.91 Å². The monoisotopic (exact) mass is 280 g/mol. The van der Waals surface area contributed by atoms with Crippen molar-refractivity contribution < 1.29 is 14.6 Å². The molecule has 2 atom stereocenters. The van der Waals surface area contributed by atoms with Crippen molar-refractivity contribution >= 4 is 5.91 Å². The van der Waals surface area contributed by atoms with Crippen molar-refractivity contribution in [1.29, 1.82) is 0 Å². The minimum Gasteiger partial charge on any atom is -0.491 e. The van der Waals surface area contributed by atoms with E-state index in [1.807, 2.05) is 39.0 Å². The summed E-state index contributed by atoms with van der Waals surface area (Å²) in [6, 6.07) is 5.86. The zero-order chi connectivity index (χ0) is 15.1. The second-order valence-corrected chi connectivity index (χ2v) is 5.21. The predicted octanol–water partition coefficient (Wildman–Crippen LogP) is 0.897. The van der Waals surface area contributed by atoms with Crippen LogP contribution in [0.5, 0.6) is 5.75 Å². The average Bonchev–Trinajstić information content (AvgIpc) is 2.34. The lowest BCUT2D eigenvalue weighted by molar-refractivity contribution is -0.118. The third kappa shape index (κ3) is 6.04. The molecule has 0 radical (unpaired) electrons. The van der Waals surface area contributed by atoms with E-state index in [0.717, 1.165) is 11.3 Å².